The van der Waals surface area contributed by atoms with Crippen LogP contribution < -0.4 is 5.56 Å². The van der Waals surface area contributed by atoms with Crippen LogP contribution in [0.15, 0.2) is 29.1 Å². The summed E-state index contributed by atoms with van der Waals surface area (Å²) in [6.07, 6.45) is 5.08. The van der Waals surface area contributed by atoms with Crippen LogP contribution in [-0.2, 0) is 6.42 Å². The number of benzene rings is 1. The van der Waals surface area contributed by atoms with Gasteiger partial charge in [0.15, 0.2) is 0 Å². The van der Waals surface area contributed by atoms with Crippen LogP contribution >= 0.6 is 0 Å². The summed E-state index contributed by atoms with van der Waals surface area (Å²) < 4.78 is 0. The van der Waals surface area contributed by atoms with Gasteiger partial charge < -0.3 is 10.1 Å². The highest BCUT2D eigenvalue weighted by Gasteiger charge is 2.31. The molecular formula is C17H18N2O2. The van der Waals surface area contributed by atoms with Crippen LogP contribution in [0.1, 0.15) is 60.0 Å². The van der Waals surface area contributed by atoms with E-state index in [-0.39, 0.29) is 23.3 Å². The van der Waals surface area contributed by atoms with Crippen LogP contribution in [0, 0.1) is 0 Å². The number of nitrogens with zero attached hydrogens (tertiary/aromatic N) is 1. The molecule has 0 amide bonds. The molecule has 1 fully saturated rings. The molecule has 0 radical (unpaired) electrons. The molecule has 1 unspecified atom stereocenters. The minimum absolute atomic E-state index is 0.0648. The molecule has 4 nitrogen and oxygen atoms in total. The minimum Gasteiger partial charge on any atom is -0.493 e. The number of rotatable bonds is 2. The summed E-state index contributed by atoms with van der Waals surface area (Å²) in [5.74, 6) is 0.810. The van der Waals surface area contributed by atoms with Gasteiger partial charge in [0.1, 0.15) is 5.82 Å². The van der Waals surface area contributed by atoms with Crippen molar-refractivity contribution in [2.75, 3.05) is 0 Å². The van der Waals surface area contributed by atoms with Crippen molar-refractivity contribution in [2.24, 2.45) is 0 Å². The maximum atomic E-state index is 12.3. The molecule has 108 valence electrons. The van der Waals surface area contributed by atoms with E-state index in [2.05, 4.69) is 22.1 Å². The van der Waals surface area contributed by atoms with Crippen LogP contribution in [0.4, 0.5) is 0 Å². The third-order valence-electron chi connectivity index (χ3n) is 4.90. The number of fused-ring (bicyclic) bond motifs is 1. The van der Waals surface area contributed by atoms with Gasteiger partial charge in [-0.2, -0.15) is 4.98 Å². The van der Waals surface area contributed by atoms with Crippen molar-refractivity contribution in [3.05, 3.63) is 57.1 Å². The van der Waals surface area contributed by atoms with Gasteiger partial charge in [-0.15, -0.1) is 0 Å². The van der Waals surface area contributed by atoms with Crippen molar-refractivity contribution in [3.63, 3.8) is 0 Å². The Labute approximate surface area is 122 Å². The quantitative estimate of drug-likeness (QED) is 0.890. The zero-order chi connectivity index (χ0) is 14.4. The van der Waals surface area contributed by atoms with Gasteiger partial charge in [-0.3, -0.25) is 4.79 Å². The van der Waals surface area contributed by atoms with Gasteiger partial charge in [0.2, 0.25) is 5.88 Å². The highest BCUT2D eigenvalue weighted by Crippen LogP contribution is 2.40. The van der Waals surface area contributed by atoms with Gasteiger partial charge in [-0.05, 0) is 36.3 Å². The number of aromatic hydroxyl groups is 1. The Morgan fingerprint density at radius 1 is 1.19 bits per heavy atom. The average Bonchev–Trinajstić information content (AvgIpc) is 2.93. The van der Waals surface area contributed by atoms with Crippen molar-refractivity contribution >= 4 is 0 Å². The molecule has 1 aromatic heterocycles. The van der Waals surface area contributed by atoms with Crippen LogP contribution in [0.25, 0.3) is 0 Å². The molecule has 1 atom stereocenters. The highest BCUT2D eigenvalue weighted by atomic mass is 16.3. The first kappa shape index (κ1) is 12.6. The van der Waals surface area contributed by atoms with Crippen LogP contribution in [0.2, 0.25) is 0 Å². The van der Waals surface area contributed by atoms with E-state index >= 15 is 0 Å². The number of H-pyrrole nitrogens is 1. The predicted octanol–water partition coefficient (Wildman–Crippen LogP) is 2.82. The summed E-state index contributed by atoms with van der Waals surface area (Å²) >= 11 is 0. The second kappa shape index (κ2) is 4.72. The Kier molecular flexibility index (Phi) is 2.84. The summed E-state index contributed by atoms with van der Waals surface area (Å²) in [6, 6.07) is 8.17. The van der Waals surface area contributed by atoms with Crippen molar-refractivity contribution in [2.45, 2.75) is 43.9 Å². The van der Waals surface area contributed by atoms with Crippen LogP contribution in [0.3, 0.4) is 0 Å². The van der Waals surface area contributed by atoms with Crippen molar-refractivity contribution in [1.29, 1.82) is 0 Å². The third kappa shape index (κ3) is 1.97. The molecule has 1 heterocycles. The lowest BCUT2D eigenvalue weighted by Gasteiger charge is -2.29. The van der Waals surface area contributed by atoms with Gasteiger partial charge in [0.25, 0.3) is 5.56 Å². The molecular weight excluding hydrogens is 264 g/mol. The normalized spacial score (nSPS) is 21.0. The third-order valence-corrected chi connectivity index (χ3v) is 4.90. The van der Waals surface area contributed by atoms with E-state index in [9.17, 15) is 9.90 Å². The van der Waals surface area contributed by atoms with Gasteiger partial charge >= 0.3 is 0 Å². The van der Waals surface area contributed by atoms with Crippen molar-refractivity contribution in [3.8, 4) is 5.88 Å². The van der Waals surface area contributed by atoms with E-state index in [1.165, 1.54) is 11.1 Å². The highest BCUT2D eigenvalue weighted by molar-refractivity contribution is 5.44. The smallest absolute Gasteiger partial charge is 0.258 e. The lowest BCUT2D eigenvalue weighted by molar-refractivity contribution is 0.428. The van der Waals surface area contributed by atoms with E-state index in [4.69, 9.17) is 0 Å². The SMILES string of the molecule is O=c1[nH]c(C2Cc3ccccc32)nc(O)c1C1CCCC1. The number of nitrogens with one attached hydrogen (secondary N) is 1. The van der Waals surface area contributed by atoms with E-state index in [0.717, 1.165) is 32.1 Å². The van der Waals surface area contributed by atoms with Gasteiger partial charge in [-0.1, -0.05) is 37.1 Å². The summed E-state index contributed by atoms with van der Waals surface area (Å²) in [5.41, 5.74) is 2.83. The topological polar surface area (TPSA) is 66.0 Å². The van der Waals surface area contributed by atoms with Crippen molar-refractivity contribution < 1.29 is 5.11 Å². The molecule has 4 rings (SSSR count). The van der Waals surface area contributed by atoms with Crippen LogP contribution in [-0.4, -0.2) is 15.1 Å². The second-order valence-electron chi connectivity index (χ2n) is 6.13. The monoisotopic (exact) mass is 282 g/mol. The molecule has 2 aliphatic carbocycles. The zero-order valence-corrected chi connectivity index (χ0v) is 11.8. The summed E-state index contributed by atoms with van der Waals surface area (Å²) in [7, 11) is 0. The predicted molar refractivity (Wildman–Crippen MR) is 79.7 cm³/mol. The molecule has 0 aliphatic heterocycles. The minimum atomic E-state index is -0.159. The number of aromatic nitrogens is 2. The molecule has 2 aromatic rings. The van der Waals surface area contributed by atoms with E-state index in [1.54, 1.807) is 0 Å². The molecule has 0 spiro atoms. The summed E-state index contributed by atoms with van der Waals surface area (Å²) in [4.78, 5) is 19.6. The number of hydrogen-bond donors (Lipinski definition) is 2. The van der Waals surface area contributed by atoms with Gasteiger partial charge in [0, 0.05) is 5.92 Å². The fourth-order valence-electron chi connectivity index (χ4n) is 3.74. The largest absolute Gasteiger partial charge is 0.493 e. The first-order chi connectivity index (χ1) is 10.2. The molecule has 2 N–H and O–H groups in total. The molecule has 1 aromatic carbocycles. The first-order valence-corrected chi connectivity index (χ1v) is 7.65. The first-order valence-electron chi connectivity index (χ1n) is 7.65. The Morgan fingerprint density at radius 3 is 2.67 bits per heavy atom. The lowest BCUT2D eigenvalue weighted by atomic mass is 9.77. The second-order valence-corrected chi connectivity index (χ2v) is 6.13. The van der Waals surface area contributed by atoms with Gasteiger partial charge in [-0.25, -0.2) is 0 Å². The Balaban J connectivity index is 1.71. The fourth-order valence-corrected chi connectivity index (χ4v) is 3.74. The molecule has 0 saturated heterocycles. The van der Waals surface area contributed by atoms with Gasteiger partial charge in [0.05, 0.1) is 5.56 Å². The lowest BCUT2D eigenvalue weighted by Crippen LogP contribution is -2.25. The fraction of sp³-hybridized carbons (Fsp3) is 0.412. The Bertz CT molecular complexity index is 745. The Morgan fingerprint density at radius 2 is 1.95 bits per heavy atom. The maximum Gasteiger partial charge on any atom is 0.258 e. The molecule has 4 heteroatoms. The standard InChI is InChI=1S/C17H18N2O2/c20-16-14(10-5-1-2-6-10)17(21)19-15(18-16)13-9-11-7-3-4-8-12(11)13/h3-4,7-8,10,13H,1-2,5-6,9H2,(H2,18,19,20,21). The van der Waals surface area contributed by atoms with E-state index in [0.29, 0.717) is 11.4 Å². The van der Waals surface area contributed by atoms with E-state index < -0.39 is 0 Å². The molecule has 1 saturated carbocycles. The van der Waals surface area contributed by atoms with E-state index in [1.807, 2.05) is 12.1 Å². The summed E-state index contributed by atoms with van der Waals surface area (Å²) in [6.45, 7) is 0. The zero-order valence-electron chi connectivity index (χ0n) is 11.8. The molecule has 2 aliphatic rings. The molecule has 0 bridgehead atoms. The number of hydrogen-bond acceptors (Lipinski definition) is 3. The van der Waals surface area contributed by atoms with Crippen molar-refractivity contribution in [1.82, 2.24) is 9.97 Å². The Hall–Kier alpha value is -2.10. The van der Waals surface area contributed by atoms with Crippen LogP contribution in [0.5, 0.6) is 5.88 Å². The summed E-state index contributed by atoms with van der Waals surface area (Å²) in [5, 5.41) is 10.2. The maximum absolute atomic E-state index is 12.3. The average molecular weight is 282 g/mol. The number of aromatic amines is 1. The molecule has 21 heavy (non-hydrogen) atoms.